The van der Waals surface area contributed by atoms with Crippen molar-refractivity contribution < 1.29 is 4.79 Å². The lowest BCUT2D eigenvalue weighted by molar-refractivity contribution is 0.0989. The Morgan fingerprint density at radius 3 is 2.60 bits per heavy atom. The molecule has 0 saturated heterocycles. The summed E-state index contributed by atoms with van der Waals surface area (Å²) >= 11 is 0. The summed E-state index contributed by atoms with van der Waals surface area (Å²) < 4.78 is 0. The molecule has 1 amide bonds. The predicted octanol–water partition coefficient (Wildman–Crippen LogP) is 2.39. The van der Waals surface area contributed by atoms with Gasteiger partial charge in [0.25, 0.3) is 5.91 Å². The van der Waals surface area contributed by atoms with Gasteiger partial charge in [0.2, 0.25) is 0 Å². The predicted molar refractivity (Wildman–Crippen MR) is 81.0 cm³/mol. The fourth-order valence-electron chi connectivity index (χ4n) is 2.69. The van der Waals surface area contributed by atoms with Gasteiger partial charge in [-0.2, -0.15) is 0 Å². The van der Waals surface area contributed by atoms with Gasteiger partial charge in [-0.1, -0.05) is 30.3 Å². The largest absolute Gasteiger partial charge is 0.330 e. The minimum Gasteiger partial charge on any atom is -0.330 e. The van der Waals surface area contributed by atoms with Gasteiger partial charge >= 0.3 is 0 Å². The number of fused-ring (bicyclic) bond motifs is 1. The molecule has 0 aromatic heterocycles. The Balaban J connectivity index is 1.83. The summed E-state index contributed by atoms with van der Waals surface area (Å²) in [7, 11) is 0. The summed E-state index contributed by atoms with van der Waals surface area (Å²) in [6.07, 6.45) is 1.79. The SMILES string of the molecule is NCCc1ccc(C(=O)N2CCc3ccccc32)cc1. The minimum absolute atomic E-state index is 0.0780. The molecule has 0 radical (unpaired) electrons. The fraction of sp³-hybridized carbons (Fsp3) is 0.235. The van der Waals surface area contributed by atoms with E-state index in [0.29, 0.717) is 6.54 Å². The molecule has 0 aliphatic carbocycles. The molecule has 0 saturated carbocycles. The Bertz CT molecular complexity index is 619. The van der Waals surface area contributed by atoms with Crippen molar-refractivity contribution in [3.8, 4) is 0 Å². The first-order valence-corrected chi connectivity index (χ1v) is 6.98. The van der Waals surface area contributed by atoms with E-state index in [0.717, 1.165) is 30.6 Å². The molecule has 20 heavy (non-hydrogen) atoms. The van der Waals surface area contributed by atoms with Crippen LogP contribution in [0.3, 0.4) is 0 Å². The first kappa shape index (κ1) is 12.9. The smallest absolute Gasteiger partial charge is 0.258 e. The third-order valence-corrected chi connectivity index (χ3v) is 3.77. The zero-order valence-corrected chi connectivity index (χ0v) is 11.4. The van der Waals surface area contributed by atoms with Crippen molar-refractivity contribution in [1.29, 1.82) is 0 Å². The molecule has 0 unspecified atom stereocenters. The van der Waals surface area contributed by atoms with Gasteiger partial charge in [-0.3, -0.25) is 4.79 Å². The molecule has 0 bridgehead atoms. The molecule has 3 rings (SSSR count). The van der Waals surface area contributed by atoms with Crippen LogP contribution in [0, 0.1) is 0 Å². The summed E-state index contributed by atoms with van der Waals surface area (Å²) in [5.41, 5.74) is 9.74. The summed E-state index contributed by atoms with van der Waals surface area (Å²) in [4.78, 5) is 14.4. The first-order valence-electron chi connectivity index (χ1n) is 6.98. The van der Waals surface area contributed by atoms with E-state index in [1.54, 1.807) is 0 Å². The lowest BCUT2D eigenvalue weighted by Gasteiger charge is -2.17. The second-order valence-corrected chi connectivity index (χ2v) is 5.07. The number of hydrogen-bond acceptors (Lipinski definition) is 2. The number of anilines is 1. The van der Waals surface area contributed by atoms with Crippen LogP contribution in [0.2, 0.25) is 0 Å². The topological polar surface area (TPSA) is 46.3 Å². The number of nitrogens with two attached hydrogens (primary N) is 1. The maximum absolute atomic E-state index is 12.6. The van der Waals surface area contributed by atoms with Gasteiger partial charge in [0.05, 0.1) is 0 Å². The molecule has 1 heterocycles. The van der Waals surface area contributed by atoms with E-state index in [4.69, 9.17) is 5.73 Å². The average Bonchev–Trinajstić information content (AvgIpc) is 2.92. The molecule has 0 atom stereocenters. The average molecular weight is 266 g/mol. The van der Waals surface area contributed by atoms with Gasteiger partial charge in [-0.05, 0) is 48.7 Å². The monoisotopic (exact) mass is 266 g/mol. The molecular formula is C17H18N2O. The molecule has 1 aliphatic rings. The Morgan fingerprint density at radius 1 is 1.10 bits per heavy atom. The number of rotatable bonds is 3. The number of benzene rings is 2. The number of nitrogens with zero attached hydrogens (tertiary/aromatic N) is 1. The highest BCUT2D eigenvalue weighted by atomic mass is 16.2. The molecular weight excluding hydrogens is 248 g/mol. The molecule has 2 aromatic carbocycles. The lowest BCUT2D eigenvalue weighted by Crippen LogP contribution is -2.28. The second kappa shape index (κ2) is 5.47. The van der Waals surface area contributed by atoms with Gasteiger partial charge < -0.3 is 10.6 Å². The van der Waals surface area contributed by atoms with Crippen LogP contribution in [0.5, 0.6) is 0 Å². The van der Waals surface area contributed by atoms with Crippen LogP contribution in [-0.2, 0) is 12.8 Å². The first-order chi connectivity index (χ1) is 9.79. The van der Waals surface area contributed by atoms with Crippen LogP contribution in [0.4, 0.5) is 5.69 Å². The van der Waals surface area contributed by atoms with Crippen molar-refractivity contribution in [1.82, 2.24) is 0 Å². The summed E-state index contributed by atoms with van der Waals surface area (Å²) in [5.74, 6) is 0.0780. The number of para-hydroxylation sites is 1. The minimum atomic E-state index is 0.0780. The van der Waals surface area contributed by atoms with E-state index in [9.17, 15) is 4.79 Å². The molecule has 102 valence electrons. The quantitative estimate of drug-likeness (QED) is 0.927. The lowest BCUT2D eigenvalue weighted by atomic mass is 10.1. The zero-order valence-electron chi connectivity index (χ0n) is 11.4. The molecule has 1 aliphatic heterocycles. The van der Waals surface area contributed by atoms with Crippen LogP contribution in [0.25, 0.3) is 0 Å². The maximum Gasteiger partial charge on any atom is 0.258 e. The van der Waals surface area contributed by atoms with Crippen LogP contribution in [-0.4, -0.2) is 19.0 Å². The Kier molecular flexibility index (Phi) is 3.52. The number of hydrogen-bond donors (Lipinski definition) is 1. The van der Waals surface area contributed by atoms with Crippen LogP contribution in [0.15, 0.2) is 48.5 Å². The van der Waals surface area contributed by atoms with E-state index in [1.807, 2.05) is 47.4 Å². The normalized spacial score (nSPS) is 13.3. The molecule has 3 heteroatoms. The fourth-order valence-corrected chi connectivity index (χ4v) is 2.69. The van der Waals surface area contributed by atoms with Gasteiger partial charge in [0.15, 0.2) is 0 Å². The second-order valence-electron chi connectivity index (χ2n) is 5.07. The van der Waals surface area contributed by atoms with E-state index in [2.05, 4.69) is 6.07 Å². The van der Waals surface area contributed by atoms with Gasteiger partial charge in [0.1, 0.15) is 0 Å². The molecule has 3 nitrogen and oxygen atoms in total. The molecule has 0 spiro atoms. The van der Waals surface area contributed by atoms with Crippen LogP contribution < -0.4 is 10.6 Å². The Hall–Kier alpha value is -2.13. The van der Waals surface area contributed by atoms with Crippen molar-refractivity contribution >= 4 is 11.6 Å². The number of carbonyl (C=O) groups is 1. The van der Waals surface area contributed by atoms with Crippen molar-refractivity contribution in [3.63, 3.8) is 0 Å². The standard InChI is InChI=1S/C17H18N2O/c18-11-9-13-5-7-15(8-6-13)17(20)19-12-10-14-3-1-2-4-16(14)19/h1-8H,9-12,18H2. The number of carbonyl (C=O) groups excluding carboxylic acids is 1. The summed E-state index contributed by atoms with van der Waals surface area (Å²) in [6, 6.07) is 15.9. The van der Waals surface area contributed by atoms with Crippen molar-refractivity contribution in [3.05, 3.63) is 65.2 Å². The van der Waals surface area contributed by atoms with Gasteiger partial charge in [-0.25, -0.2) is 0 Å². The van der Waals surface area contributed by atoms with Gasteiger partial charge in [-0.15, -0.1) is 0 Å². The summed E-state index contributed by atoms with van der Waals surface area (Å²) in [6.45, 7) is 1.40. The highest BCUT2D eigenvalue weighted by Gasteiger charge is 2.24. The van der Waals surface area contributed by atoms with E-state index in [-0.39, 0.29) is 5.91 Å². The van der Waals surface area contributed by atoms with E-state index >= 15 is 0 Å². The summed E-state index contributed by atoms with van der Waals surface area (Å²) in [5, 5.41) is 0. The van der Waals surface area contributed by atoms with E-state index < -0.39 is 0 Å². The highest BCUT2D eigenvalue weighted by Crippen LogP contribution is 2.28. The van der Waals surface area contributed by atoms with Crippen LogP contribution in [0.1, 0.15) is 21.5 Å². The van der Waals surface area contributed by atoms with E-state index in [1.165, 1.54) is 11.1 Å². The Labute approximate surface area is 119 Å². The van der Waals surface area contributed by atoms with Crippen molar-refractivity contribution in [2.75, 3.05) is 18.0 Å². The maximum atomic E-state index is 12.6. The number of amides is 1. The molecule has 0 fully saturated rings. The molecule has 2 aromatic rings. The Morgan fingerprint density at radius 2 is 1.85 bits per heavy atom. The highest BCUT2D eigenvalue weighted by molar-refractivity contribution is 6.07. The third kappa shape index (κ3) is 2.32. The third-order valence-electron chi connectivity index (χ3n) is 3.77. The zero-order chi connectivity index (χ0) is 13.9. The van der Waals surface area contributed by atoms with Gasteiger partial charge in [0, 0.05) is 17.8 Å². The van der Waals surface area contributed by atoms with Crippen LogP contribution >= 0.6 is 0 Å². The van der Waals surface area contributed by atoms with Crippen molar-refractivity contribution in [2.24, 2.45) is 5.73 Å². The molecule has 2 N–H and O–H groups in total. The van der Waals surface area contributed by atoms with Crippen molar-refractivity contribution in [2.45, 2.75) is 12.8 Å².